The molecular formula is C17H18ClNO2S. The molecule has 0 amide bonds. The van der Waals surface area contributed by atoms with Crippen molar-refractivity contribution in [1.82, 2.24) is 0 Å². The lowest BCUT2D eigenvalue weighted by Crippen LogP contribution is -2.10. The van der Waals surface area contributed by atoms with Crippen molar-refractivity contribution >= 4 is 28.8 Å². The maximum Gasteiger partial charge on any atom is 0.179 e. The lowest BCUT2D eigenvalue weighted by atomic mass is 10.1. The number of halogens is 1. The number of ether oxygens (including phenoxy) is 2. The van der Waals surface area contributed by atoms with Crippen LogP contribution in [0.5, 0.6) is 11.5 Å². The summed E-state index contributed by atoms with van der Waals surface area (Å²) in [6.45, 7) is 0.553. The number of hydrogen-bond acceptors (Lipinski definition) is 3. The Balaban J connectivity index is 1.99. The van der Waals surface area contributed by atoms with E-state index in [1.54, 1.807) is 19.2 Å². The quantitative estimate of drug-likeness (QED) is 0.613. The Labute approximate surface area is 141 Å². The number of nitrogens with two attached hydrogens (primary N) is 1. The van der Waals surface area contributed by atoms with Crippen LogP contribution in [-0.4, -0.2) is 18.7 Å². The summed E-state index contributed by atoms with van der Waals surface area (Å²) in [6.07, 6.45) is 1.84. The number of rotatable bonds is 7. The van der Waals surface area contributed by atoms with E-state index in [4.69, 9.17) is 39.0 Å². The van der Waals surface area contributed by atoms with E-state index in [0.717, 1.165) is 12.8 Å². The van der Waals surface area contributed by atoms with E-state index in [2.05, 4.69) is 12.1 Å². The van der Waals surface area contributed by atoms with Crippen LogP contribution in [0.25, 0.3) is 0 Å². The molecule has 0 saturated carbocycles. The predicted octanol–water partition coefficient (Wildman–Crippen LogP) is 3.99. The van der Waals surface area contributed by atoms with Crippen molar-refractivity contribution in [2.75, 3.05) is 13.7 Å². The third-order valence-corrected chi connectivity index (χ3v) is 3.73. The van der Waals surface area contributed by atoms with Gasteiger partial charge in [0.05, 0.1) is 18.7 Å². The summed E-state index contributed by atoms with van der Waals surface area (Å²) in [5, 5.41) is 0.446. The van der Waals surface area contributed by atoms with Gasteiger partial charge in [0.1, 0.15) is 4.99 Å². The fourth-order valence-electron chi connectivity index (χ4n) is 2.10. The second-order valence-electron chi connectivity index (χ2n) is 4.79. The third-order valence-electron chi connectivity index (χ3n) is 3.21. The summed E-state index contributed by atoms with van der Waals surface area (Å²) < 4.78 is 11.1. The molecule has 0 aliphatic rings. The Morgan fingerprint density at radius 3 is 2.59 bits per heavy atom. The molecule has 0 spiro atoms. The van der Waals surface area contributed by atoms with E-state index in [-0.39, 0.29) is 4.99 Å². The number of thiocarbonyl (C=S) groups is 1. The van der Waals surface area contributed by atoms with Gasteiger partial charge in [-0.25, -0.2) is 0 Å². The van der Waals surface area contributed by atoms with Gasteiger partial charge in [0.15, 0.2) is 11.5 Å². The third kappa shape index (κ3) is 4.36. The second-order valence-corrected chi connectivity index (χ2v) is 5.64. The normalized spacial score (nSPS) is 10.3. The van der Waals surface area contributed by atoms with Crippen LogP contribution >= 0.6 is 23.8 Å². The predicted molar refractivity (Wildman–Crippen MR) is 94.1 cm³/mol. The van der Waals surface area contributed by atoms with Gasteiger partial charge in [-0.1, -0.05) is 54.2 Å². The highest BCUT2D eigenvalue weighted by Crippen LogP contribution is 2.36. The molecule has 22 heavy (non-hydrogen) atoms. The molecule has 0 aliphatic heterocycles. The van der Waals surface area contributed by atoms with Crippen molar-refractivity contribution in [3.63, 3.8) is 0 Å². The number of hydrogen-bond donors (Lipinski definition) is 1. The van der Waals surface area contributed by atoms with Crippen molar-refractivity contribution in [3.05, 3.63) is 58.6 Å². The molecule has 0 bridgehead atoms. The molecule has 2 aromatic carbocycles. The minimum Gasteiger partial charge on any atom is -0.493 e. The van der Waals surface area contributed by atoms with Gasteiger partial charge < -0.3 is 15.2 Å². The van der Waals surface area contributed by atoms with Crippen molar-refractivity contribution < 1.29 is 9.47 Å². The Kier molecular flexibility index (Phi) is 6.04. The fraction of sp³-hybridized carbons (Fsp3) is 0.235. The average molecular weight is 336 g/mol. The van der Waals surface area contributed by atoms with Crippen molar-refractivity contribution in [2.45, 2.75) is 12.8 Å². The summed E-state index contributed by atoms with van der Waals surface area (Å²) >= 11 is 11.2. The fourth-order valence-corrected chi connectivity index (χ4v) is 2.48. The van der Waals surface area contributed by atoms with Crippen LogP contribution in [-0.2, 0) is 6.42 Å². The van der Waals surface area contributed by atoms with Crippen LogP contribution in [0.2, 0.25) is 5.02 Å². The molecular weight excluding hydrogens is 318 g/mol. The van der Waals surface area contributed by atoms with Crippen molar-refractivity contribution in [2.24, 2.45) is 5.73 Å². The van der Waals surface area contributed by atoms with Crippen LogP contribution in [0.15, 0.2) is 42.5 Å². The molecule has 0 atom stereocenters. The molecule has 2 N–H and O–H groups in total. The van der Waals surface area contributed by atoms with Gasteiger partial charge in [-0.3, -0.25) is 0 Å². The molecule has 0 heterocycles. The number of methoxy groups -OCH3 is 1. The first kappa shape index (κ1) is 16.6. The molecule has 0 fully saturated rings. The molecule has 116 valence electrons. The number of benzene rings is 2. The Morgan fingerprint density at radius 1 is 1.23 bits per heavy atom. The molecule has 3 nitrogen and oxygen atoms in total. The highest BCUT2D eigenvalue weighted by molar-refractivity contribution is 7.80. The molecule has 2 aromatic rings. The highest BCUT2D eigenvalue weighted by atomic mass is 35.5. The first-order valence-electron chi connectivity index (χ1n) is 6.96. The summed E-state index contributed by atoms with van der Waals surface area (Å²) in [7, 11) is 1.56. The van der Waals surface area contributed by atoms with Crippen LogP contribution < -0.4 is 15.2 Å². The SMILES string of the molecule is COc1cc(C(N)=S)cc(Cl)c1OCCCc1ccccc1. The average Bonchev–Trinajstić information content (AvgIpc) is 2.53. The molecule has 0 radical (unpaired) electrons. The highest BCUT2D eigenvalue weighted by Gasteiger charge is 2.13. The largest absolute Gasteiger partial charge is 0.493 e. The smallest absolute Gasteiger partial charge is 0.179 e. The van der Waals surface area contributed by atoms with E-state index in [1.807, 2.05) is 18.2 Å². The maximum atomic E-state index is 6.23. The molecule has 0 unspecified atom stereocenters. The second kappa shape index (κ2) is 8.01. The molecule has 2 rings (SSSR count). The van der Waals surface area contributed by atoms with Crippen LogP contribution in [0.1, 0.15) is 17.5 Å². The van der Waals surface area contributed by atoms with E-state index in [0.29, 0.717) is 28.7 Å². The zero-order chi connectivity index (χ0) is 15.9. The maximum absolute atomic E-state index is 6.23. The lowest BCUT2D eigenvalue weighted by Gasteiger charge is -2.14. The van der Waals surface area contributed by atoms with Gasteiger partial charge in [-0.05, 0) is 30.5 Å². The van der Waals surface area contributed by atoms with Crippen molar-refractivity contribution in [3.8, 4) is 11.5 Å². The summed E-state index contributed by atoms with van der Waals surface area (Å²) in [4.78, 5) is 0.274. The van der Waals surface area contributed by atoms with Gasteiger partial charge in [0, 0.05) is 5.56 Å². The van der Waals surface area contributed by atoms with E-state index >= 15 is 0 Å². The van der Waals surface area contributed by atoms with Gasteiger partial charge >= 0.3 is 0 Å². The summed E-state index contributed by atoms with van der Waals surface area (Å²) in [6, 6.07) is 13.7. The first-order chi connectivity index (χ1) is 10.6. The monoisotopic (exact) mass is 335 g/mol. The van der Waals surface area contributed by atoms with Gasteiger partial charge in [-0.2, -0.15) is 0 Å². The standard InChI is InChI=1S/C17H18ClNO2S/c1-20-15-11-13(17(19)22)10-14(18)16(15)21-9-5-8-12-6-3-2-4-7-12/h2-4,6-7,10-11H,5,8-9H2,1H3,(H2,19,22). The van der Waals surface area contributed by atoms with Gasteiger partial charge in [0.2, 0.25) is 0 Å². The summed E-state index contributed by atoms with van der Waals surface area (Å²) in [5.41, 5.74) is 7.56. The molecule has 0 saturated heterocycles. The van der Waals surface area contributed by atoms with E-state index < -0.39 is 0 Å². The van der Waals surface area contributed by atoms with E-state index in [1.165, 1.54) is 5.56 Å². The zero-order valence-electron chi connectivity index (χ0n) is 12.3. The van der Waals surface area contributed by atoms with E-state index in [9.17, 15) is 0 Å². The van der Waals surface area contributed by atoms with Crippen LogP contribution in [0.3, 0.4) is 0 Å². The zero-order valence-corrected chi connectivity index (χ0v) is 13.9. The van der Waals surface area contributed by atoms with Gasteiger partial charge in [0.25, 0.3) is 0 Å². The minimum atomic E-state index is 0.274. The Hall–Kier alpha value is -1.78. The number of aryl methyl sites for hydroxylation is 1. The Bertz CT molecular complexity index is 647. The first-order valence-corrected chi connectivity index (χ1v) is 7.74. The molecule has 5 heteroatoms. The molecule has 0 aliphatic carbocycles. The molecule has 0 aromatic heterocycles. The minimum absolute atomic E-state index is 0.274. The summed E-state index contributed by atoms with van der Waals surface area (Å²) in [5.74, 6) is 1.06. The van der Waals surface area contributed by atoms with Gasteiger partial charge in [-0.15, -0.1) is 0 Å². The lowest BCUT2D eigenvalue weighted by molar-refractivity contribution is 0.289. The van der Waals surface area contributed by atoms with Crippen LogP contribution in [0.4, 0.5) is 0 Å². The Morgan fingerprint density at radius 2 is 1.95 bits per heavy atom. The van der Waals surface area contributed by atoms with Crippen LogP contribution in [0, 0.1) is 0 Å². The topological polar surface area (TPSA) is 44.5 Å². The van der Waals surface area contributed by atoms with Crippen molar-refractivity contribution in [1.29, 1.82) is 0 Å².